The van der Waals surface area contributed by atoms with Crippen molar-refractivity contribution >= 4 is 11.3 Å². The van der Waals surface area contributed by atoms with E-state index in [1.165, 1.54) is 17.8 Å². The quantitative estimate of drug-likeness (QED) is 0.761. The summed E-state index contributed by atoms with van der Waals surface area (Å²) < 4.78 is 0. The molecular weight excluding hydrogens is 168 g/mol. The standard InChI is InChI=1S/C9H14N2S/c1-6(10)7-5-12-8(11-7)9(2)3-4-9/h5-6H,3-4,10H2,1-2H3. The van der Waals surface area contributed by atoms with Gasteiger partial charge in [0.1, 0.15) is 0 Å². The highest BCUT2D eigenvalue weighted by molar-refractivity contribution is 7.09. The Morgan fingerprint density at radius 1 is 1.67 bits per heavy atom. The first kappa shape index (κ1) is 8.20. The Morgan fingerprint density at radius 3 is 2.75 bits per heavy atom. The third-order valence-corrected chi connectivity index (χ3v) is 3.67. The van der Waals surface area contributed by atoms with Crippen molar-refractivity contribution in [1.29, 1.82) is 0 Å². The molecule has 0 amide bonds. The highest BCUT2D eigenvalue weighted by Crippen LogP contribution is 2.48. The summed E-state index contributed by atoms with van der Waals surface area (Å²) in [6, 6.07) is 0.0809. The molecule has 12 heavy (non-hydrogen) atoms. The van der Waals surface area contributed by atoms with Crippen molar-refractivity contribution < 1.29 is 0 Å². The number of hydrogen-bond acceptors (Lipinski definition) is 3. The van der Waals surface area contributed by atoms with Crippen LogP contribution in [0, 0.1) is 0 Å². The monoisotopic (exact) mass is 182 g/mol. The zero-order chi connectivity index (χ0) is 8.77. The maximum Gasteiger partial charge on any atom is 0.0988 e. The first-order valence-corrected chi connectivity index (χ1v) is 5.21. The molecule has 0 aromatic carbocycles. The molecule has 2 rings (SSSR count). The van der Waals surface area contributed by atoms with E-state index in [4.69, 9.17) is 5.73 Å². The molecule has 0 aliphatic heterocycles. The van der Waals surface area contributed by atoms with E-state index in [9.17, 15) is 0 Å². The molecule has 1 heterocycles. The Bertz CT molecular complexity index is 286. The van der Waals surface area contributed by atoms with Crippen LogP contribution in [-0.2, 0) is 5.41 Å². The summed E-state index contributed by atoms with van der Waals surface area (Å²) in [6.07, 6.45) is 2.58. The van der Waals surface area contributed by atoms with Gasteiger partial charge in [-0.3, -0.25) is 0 Å². The molecule has 1 atom stereocenters. The summed E-state index contributed by atoms with van der Waals surface area (Å²) in [7, 11) is 0. The van der Waals surface area contributed by atoms with Crippen molar-refractivity contribution in [3.05, 3.63) is 16.1 Å². The first-order chi connectivity index (χ1) is 5.62. The fraction of sp³-hybridized carbons (Fsp3) is 0.667. The summed E-state index contributed by atoms with van der Waals surface area (Å²) in [5.41, 5.74) is 7.18. The minimum Gasteiger partial charge on any atom is -0.323 e. The van der Waals surface area contributed by atoms with Crippen molar-refractivity contribution in [3.8, 4) is 0 Å². The predicted molar refractivity (Wildman–Crippen MR) is 51.3 cm³/mol. The van der Waals surface area contributed by atoms with Gasteiger partial charge in [-0.15, -0.1) is 11.3 Å². The van der Waals surface area contributed by atoms with E-state index in [1.807, 2.05) is 6.92 Å². The number of nitrogens with zero attached hydrogens (tertiary/aromatic N) is 1. The highest BCUT2D eigenvalue weighted by atomic mass is 32.1. The Balaban J connectivity index is 2.25. The van der Waals surface area contributed by atoms with Gasteiger partial charge in [0.2, 0.25) is 0 Å². The lowest BCUT2D eigenvalue weighted by molar-refractivity contribution is 0.737. The number of thiazole rings is 1. The third kappa shape index (κ3) is 1.27. The minimum absolute atomic E-state index is 0.0809. The predicted octanol–water partition coefficient (Wildman–Crippen LogP) is 2.21. The largest absolute Gasteiger partial charge is 0.323 e. The molecule has 1 aliphatic rings. The van der Waals surface area contributed by atoms with Gasteiger partial charge in [0, 0.05) is 16.8 Å². The van der Waals surface area contributed by atoms with Crippen LogP contribution < -0.4 is 5.73 Å². The lowest BCUT2D eigenvalue weighted by Gasteiger charge is -2.02. The van der Waals surface area contributed by atoms with Gasteiger partial charge >= 0.3 is 0 Å². The SMILES string of the molecule is CC(N)c1csc(C2(C)CC2)n1. The molecule has 0 saturated heterocycles. The molecule has 0 spiro atoms. The van der Waals surface area contributed by atoms with Crippen molar-refractivity contribution in [1.82, 2.24) is 4.98 Å². The maximum atomic E-state index is 5.73. The van der Waals surface area contributed by atoms with E-state index >= 15 is 0 Å². The van der Waals surface area contributed by atoms with Gasteiger partial charge in [0.25, 0.3) is 0 Å². The van der Waals surface area contributed by atoms with Gasteiger partial charge < -0.3 is 5.73 Å². The lowest BCUT2D eigenvalue weighted by Crippen LogP contribution is -2.06. The molecule has 3 heteroatoms. The summed E-state index contributed by atoms with van der Waals surface area (Å²) in [5.74, 6) is 0. The summed E-state index contributed by atoms with van der Waals surface area (Å²) in [4.78, 5) is 4.54. The summed E-state index contributed by atoms with van der Waals surface area (Å²) in [5, 5.41) is 3.36. The van der Waals surface area contributed by atoms with Crippen LogP contribution in [0.2, 0.25) is 0 Å². The maximum absolute atomic E-state index is 5.73. The second kappa shape index (κ2) is 2.54. The van der Waals surface area contributed by atoms with Crippen LogP contribution >= 0.6 is 11.3 Å². The minimum atomic E-state index is 0.0809. The van der Waals surface area contributed by atoms with Crippen molar-refractivity contribution in [2.24, 2.45) is 5.73 Å². The van der Waals surface area contributed by atoms with Gasteiger partial charge in [-0.2, -0.15) is 0 Å². The zero-order valence-electron chi connectivity index (χ0n) is 7.50. The third-order valence-electron chi connectivity index (χ3n) is 2.50. The van der Waals surface area contributed by atoms with Crippen molar-refractivity contribution in [3.63, 3.8) is 0 Å². The van der Waals surface area contributed by atoms with E-state index in [1.54, 1.807) is 11.3 Å². The topological polar surface area (TPSA) is 38.9 Å². The van der Waals surface area contributed by atoms with Crippen molar-refractivity contribution in [2.45, 2.75) is 38.1 Å². The summed E-state index contributed by atoms with van der Waals surface area (Å²) >= 11 is 1.76. The van der Waals surface area contributed by atoms with Gasteiger partial charge in [-0.05, 0) is 19.8 Å². The number of rotatable bonds is 2. The Labute approximate surface area is 76.8 Å². The van der Waals surface area contributed by atoms with E-state index in [0.717, 1.165) is 5.69 Å². The highest BCUT2D eigenvalue weighted by Gasteiger charge is 2.41. The average molecular weight is 182 g/mol. The smallest absolute Gasteiger partial charge is 0.0988 e. The van der Waals surface area contributed by atoms with Crippen LogP contribution in [-0.4, -0.2) is 4.98 Å². The number of hydrogen-bond donors (Lipinski definition) is 1. The van der Waals surface area contributed by atoms with Crippen LogP contribution in [0.25, 0.3) is 0 Å². The zero-order valence-corrected chi connectivity index (χ0v) is 8.32. The van der Waals surface area contributed by atoms with Gasteiger partial charge in [-0.25, -0.2) is 4.98 Å². The molecule has 66 valence electrons. The lowest BCUT2D eigenvalue weighted by atomic mass is 10.1. The van der Waals surface area contributed by atoms with Gasteiger partial charge in [0.15, 0.2) is 0 Å². The molecule has 1 aliphatic carbocycles. The summed E-state index contributed by atoms with van der Waals surface area (Å²) in [6.45, 7) is 4.25. The molecular formula is C9H14N2S. The van der Waals surface area contributed by atoms with E-state index < -0.39 is 0 Å². The van der Waals surface area contributed by atoms with Gasteiger partial charge in [-0.1, -0.05) is 6.92 Å². The number of aromatic nitrogens is 1. The molecule has 1 saturated carbocycles. The Morgan fingerprint density at radius 2 is 2.33 bits per heavy atom. The average Bonchev–Trinajstić information content (AvgIpc) is 2.61. The fourth-order valence-corrected chi connectivity index (χ4v) is 2.32. The molecule has 1 aromatic rings. The van der Waals surface area contributed by atoms with E-state index in [-0.39, 0.29) is 6.04 Å². The molecule has 2 N–H and O–H groups in total. The molecule has 0 bridgehead atoms. The van der Waals surface area contributed by atoms with Gasteiger partial charge in [0.05, 0.1) is 10.7 Å². The van der Waals surface area contributed by atoms with Crippen LogP contribution in [0.15, 0.2) is 5.38 Å². The molecule has 1 fully saturated rings. The first-order valence-electron chi connectivity index (χ1n) is 4.33. The van der Waals surface area contributed by atoms with Crippen LogP contribution in [0.5, 0.6) is 0 Å². The number of nitrogens with two attached hydrogens (primary N) is 1. The van der Waals surface area contributed by atoms with Crippen molar-refractivity contribution in [2.75, 3.05) is 0 Å². The van der Waals surface area contributed by atoms with E-state index in [2.05, 4.69) is 17.3 Å². The normalized spacial score (nSPS) is 22.2. The molecule has 1 unspecified atom stereocenters. The second-order valence-electron chi connectivity index (χ2n) is 3.93. The van der Waals surface area contributed by atoms with Crippen LogP contribution in [0.3, 0.4) is 0 Å². The Kier molecular flexibility index (Phi) is 1.73. The van der Waals surface area contributed by atoms with Crippen LogP contribution in [0.1, 0.15) is 43.4 Å². The molecule has 2 nitrogen and oxygen atoms in total. The molecule has 0 radical (unpaired) electrons. The van der Waals surface area contributed by atoms with Crippen LogP contribution in [0.4, 0.5) is 0 Å². The second-order valence-corrected chi connectivity index (χ2v) is 4.78. The Hall–Kier alpha value is -0.410. The molecule has 1 aromatic heterocycles. The fourth-order valence-electron chi connectivity index (χ4n) is 1.17. The van der Waals surface area contributed by atoms with E-state index in [0.29, 0.717) is 5.41 Å².